The summed E-state index contributed by atoms with van der Waals surface area (Å²) in [7, 11) is -3.75. The monoisotopic (exact) mass is 421 g/mol. The van der Waals surface area contributed by atoms with Crippen molar-refractivity contribution in [3.8, 4) is 6.07 Å². The maximum Gasteiger partial charge on any atom is 0.337 e. The van der Waals surface area contributed by atoms with Gasteiger partial charge in [-0.3, -0.25) is 4.79 Å². The molecule has 2 rings (SSSR count). The average molecular weight is 422 g/mol. The van der Waals surface area contributed by atoms with Gasteiger partial charge in [-0.25, -0.2) is 17.9 Å². The standard InChI is InChI=1S/C18H19N3O5S2/c1-10(2)9-20-28(25,26)16-7-15(27-11(16)3)17(22)21-14-5-4-12(8-19)6-13(14)18(23)24/h4-7,10,20H,9H2,1-3H3,(H,21,22)(H,23,24). The van der Waals surface area contributed by atoms with E-state index >= 15 is 0 Å². The zero-order chi connectivity index (χ0) is 21.1. The molecule has 148 valence electrons. The molecule has 0 radical (unpaired) electrons. The van der Waals surface area contributed by atoms with Crippen LogP contribution in [0.1, 0.15) is 44.3 Å². The molecule has 3 N–H and O–H groups in total. The molecule has 0 saturated carbocycles. The molecule has 0 unspecified atom stereocenters. The van der Waals surface area contributed by atoms with Crippen molar-refractivity contribution in [2.45, 2.75) is 25.7 Å². The van der Waals surface area contributed by atoms with Crippen LogP contribution in [-0.4, -0.2) is 31.9 Å². The van der Waals surface area contributed by atoms with Gasteiger partial charge < -0.3 is 10.4 Å². The lowest BCUT2D eigenvalue weighted by Gasteiger charge is -2.08. The number of anilines is 1. The molecule has 10 heteroatoms. The Morgan fingerprint density at radius 3 is 2.54 bits per heavy atom. The molecule has 0 fully saturated rings. The van der Waals surface area contributed by atoms with Gasteiger partial charge in [-0.15, -0.1) is 11.3 Å². The van der Waals surface area contributed by atoms with Crippen molar-refractivity contribution < 1.29 is 23.1 Å². The zero-order valence-electron chi connectivity index (χ0n) is 15.4. The summed E-state index contributed by atoms with van der Waals surface area (Å²) in [4.78, 5) is 24.5. The van der Waals surface area contributed by atoms with Gasteiger partial charge in [0.15, 0.2) is 0 Å². The second-order valence-corrected chi connectivity index (χ2v) is 9.40. The normalized spacial score (nSPS) is 11.2. The zero-order valence-corrected chi connectivity index (χ0v) is 17.1. The van der Waals surface area contributed by atoms with Crippen LogP contribution in [0, 0.1) is 24.2 Å². The Kier molecular flexibility index (Phi) is 6.56. The number of nitrogens with zero attached hydrogens (tertiary/aromatic N) is 1. The molecule has 0 saturated heterocycles. The summed E-state index contributed by atoms with van der Waals surface area (Å²) in [6.45, 7) is 5.61. The molecule has 0 aliphatic heterocycles. The van der Waals surface area contributed by atoms with Gasteiger partial charge in [0, 0.05) is 11.4 Å². The van der Waals surface area contributed by atoms with Crippen molar-refractivity contribution in [3.05, 3.63) is 45.1 Å². The van der Waals surface area contributed by atoms with Crippen molar-refractivity contribution >= 4 is 38.9 Å². The number of carbonyl (C=O) groups excluding carboxylic acids is 1. The van der Waals surface area contributed by atoms with Gasteiger partial charge in [0.05, 0.1) is 32.7 Å². The van der Waals surface area contributed by atoms with Crippen LogP contribution in [0.5, 0.6) is 0 Å². The highest BCUT2D eigenvalue weighted by atomic mass is 32.2. The lowest BCUT2D eigenvalue weighted by Crippen LogP contribution is -2.27. The van der Waals surface area contributed by atoms with Crippen LogP contribution in [0.25, 0.3) is 0 Å². The summed E-state index contributed by atoms with van der Waals surface area (Å²) in [6, 6.07) is 6.96. The lowest BCUT2D eigenvalue weighted by atomic mass is 10.1. The molecule has 1 heterocycles. The van der Waals surface area contributed by atoms with Crippen LogP contribution in [0.2, 0.25) is 0 Å². The number of carbonyl (C=O) groups is 2. The SMILES string of the molecule is Cc1sc(C(=O)Nc2ccc(C#N)cc2C(=O)O)cc1S(=O)(=O)NCC(C)C. The first kappa shape index (κ1) is 21.6. The van der Waals surface area contributed by atoms with E-state index in [0.717, 1.165) is 17.4 Å². The molecular weight excluding hydrogens is 402 g/mol. The lowest BCUT2D eigenvalue weighted by molar-refractivity contribution is 0.0698. The van der Waals surface area contributed by atoms with Crippen LogP contribution in [0.4, 0.5) is 5.69 Å². The first-order valence-corrected chi connectivity index (χ1v) is 10.5. The molecular formula is C18H19N3O5S2. The van der Waals surface area contributed by atoms with Gasteiger partial charge >= 0.3 is 5.97 Å². The van der Waals surface area contributed by atoms with Crippen molar-refractivity contribution in [1.82, 2.24) is 4.72 Å². The predicted molar refractivity (Wildman–Crippen MR) is 105 cm³/mol. The molecule has 0 aliphatic rings. The fraction of sp³-hybridized carbons (Fsp3) is 0.278. The number of rotatable bonds is 7. The summed E-state index contributed by atoms with van der Waals surface area (Å²) >= 11 is 0.994. The third-order valence-electron chi connectivity index (χ3n) is 3.69. The van der Waals surface area contributed by atoms with Crippen molar-refractivity contribution in [3.63, 3.8) is 0 Å². The van der Waals surface area contributed by atoms with Gasteiger partial charge in [0.2, 0.25) is 10.0 Å². The summed E-state index contributed by atoms with van der Waals surface area (Å²) in [5, 5.41) is 20.6. The molecule has 1 amide bonds. The minimum atomic E-state index is -3.75. The number of carboxylic acid groups (broad SMARTS) is 1. The number of benzene rings is 1. The number of aryl methyl sites for hydroxylation is 1. The first-order chi connectivity index (χ1) is 13.0. The number of nitrogens with one attached hydrogen (secondary N) is 2. The maximum absolute atomic E-state index is 12.5. The number of hydrogen-bond donors (Lipinski definition) is 3. The van der Waals surface area contributed by atoms with E-state index in [9.17, 15) is 23.1 Å². The second kappa shape index (κ2) is 8.52. The molecule has 0 bridgehead atoms. The molecule has 1 aromatic heterocycles. The average Bonchev–Trinajstić information content (AvgIpc) is 3.03. The van der Waals surface area contributed by atoms with Crippen molar-refractivity contribution in [2.24, 2.45) is 5.92 Å². The third-order valence-corrected chi connectivity index (χ3v) is 6.42. The van der Waals surface area contributed by atoms with Crippen LogP contribution in [0.3, 0.4) is 0 Å². The second-order valence-electron chi connectivity index (χ2n) is 6.41. The van der Waals surface area contributed by atoms with Gasteiger partial charge in [-0.2, -0.15) is 5.26 Å². The largest absolute Gasteiger partial charge is 0.478 e. The van der Waals surface area contributed by atoms with Gasteiger partial charge in [-0.05, 0) is 37.1 Å². The minimum absolute atomic E-state index is 0.0154. The van der Waals surface area contributed by atoms with E-state index in [4.69, 9.17) is 5.26 Å². The Labute approximate surface area is 166 Å². The maximum atomic E-state index is 12.5. The summed E-state index contributed by atoms with van der Waals surface area (Å²) in [6.07, 6.45) is 0. The number of thiophene rings is 1. The highest BCUT2D eigenvalue weighted by Gasteiger charge is 2.23. The minimum Gasteiger partial charge on any atom is -0.478 e. The van der Waals surface area contributed by atoms with Crippen LogP contribution in [-0.2, 0) is 10.0 Å². The highest BCUT2D eigenvalue weighted by Crippen LogP contribution is 2.27. The topological polar surface area (TPSA) is 136 Å². The smallest absolute Gasteiger partial charge is 0.337 e. The number of aromatic carboxylic acids is 1. The predicted octanol–water partition coefficient (Wildman–Crippen LogP) is 2.81. The van der Waals surface area contributed by atoms with E-state index in [1.807, 2.05) is 19.9 Å². The van der Waals surface area contributed by atoms with Crippen molar-refractivity contribution in [2.75, 3.05) is 11.9 Å². The van der Waals surface area contributed by atoms with E-state index < -0.39 is 21.9 Å². The number of sulfonamides is 1. The molecule has 0 aliphatic carbocycles. The van der Waals surface area contributed by atoms with Gasteiger partial charge in [0.25, 0.3) is 5.91 Å². The van der Waals surface area contributed by atoms with Crippen LogP contribution in [0.15, 0.2) is 29.2 Å². The van der Waals surface area contributed by atoms with E-state index in [0.29, 0.717) is 4.88 Å². The molecule has 28 heavy (non-hydrogen) atoms. The van der Waals surface area contributed by atoms with Crippen molar-refractivity contribution in [1.29, 1.82) is 5.26 Å². The Balaban J connectivity index is 2.30. The van der Waals surface area contributed by atoms with E-state index in [1.165, 1.54) is 18.2 Å². The summed E-state index contributed by atoms with van der Waals surface area (Å²) in [5.41, 5.74) is -0.0658. The molecule has 0 atom stereocenters. The Hall–Kier alpha value is -2.74. The Morgan fingerprint density at radius 1 is 1.29 bits per heavy atom. The summed E-state index contributed by atoms with van der Waals surface area (Å²) < 4.78 is 27.3. The highest BCUT2D eigenvalue weighted by molar-refractivity contribution is 7.89. The fourth-order valence-electron chi connectivity index (χ4n) is 2.28. The molecule has 2 aromatic rings. The third kappa shape index (κ3) is 4.95. The number of hydrogen-bond acceptors (Lipinski definition) is 6. The molecule has 8 nitrogen and oxygen atoms in total. The van der Waals surface area contributed by atoms with Gasteiger partial charge in [-0.1, -0.05) is 13.8 Å². The van der Waals surface area contributed by atoms with Crippen LogP contribution >= 0.6 is 11.3 Å². The number of amides is 1. The Bertz CT molecular complexity index is 1070. The number of carboxylic acids is 1. The summed E-state index contributed by atoms with van der Waals surface area (Å²) in [5.74, 6) is -1.80. The molecule has 0 spiro atoms. The Morgan fingerprint density at radius 2 is 1.96 bits per heavy atom. The quantitative estimate of drug-likeness (QED) is 0.629. The van der Waals surface area contributed by atoms with E-state index in [2.05, 4.69) is 10.0 Å². The number of nitriles is 1. The van der Waals surface area contributed by atoms with Gasteiger partial charge in [0.1, 0.15) is 0 Å². The fourth-order valence-corrected chi connectivity index (χ4v) is 4.98. The van der Waals surface area contributed by atoms with E-state index in [-0.39, 0.29) is 39.0 Å². The first-order valence-electron chi connectivity index (χ1n) is 8.24. The molecule has 1 aromatic carbocycles. The van der Waals surface area contributed by atoms with E-state index in [1.54, 1.807) is 6.92 Å². The van der Waals surface area contributed by atoms with Crippen LogP contribution < -0.4 is 10.0 Å².